The number of carbonyl (C=O) groups is 1. The van der Waals surface area contributed by atoms with Crippen LogP contribution >= 0.6 is 0 Å². The maximum Gasteiger partial charge on any atom is 0.410 e. The van der Waals surface area contributed by atoms with Crippen molar-refractivity contribution in [2.75, 3.05) is 24.5 Å². The molecular formula is C15H22N4O4. The lowest BCUT2D eigenvalue weighted by atomic mass is 10.2. The molecule has 0 saturated carbocycles. The van der Waals surface area contributed by atoms with E-state index in [9.17, 15) is 14.9 Å². The van der Waals surface area contributed by atoms with Crippen LogP contribution in [0.4, 0.5) is 16.3 Å². The molecule has 1 aromatic heterocycles. The molecule has 0 N–H and O–H groups in total. The molecule has 0 spiro atoms. The van der Waals surface area contributed by atoms with Crippen LogP contribution in [0.3, 0.4) is 0 Å². The van der Waals surface area contributed by atoms with Gasteiger partial charge in [0, 0.05) is 37.9 Å². The van der Waals surface area contributed by atoms with Gasteiger partial charge in [0.25, 0.3) is 0 Å². The summed E-state index contributed by atoms with van der Waals surface area (Å²) in [6.45, 7) is 8.72. The largest absolute Gasteiger partial charge is 0.444 e. The van der Waals surface area contributed by atoms with Gasteiger partial charge >= 0.3 is 11.8 Å². The van der Waals surface area contributed by atoms with Crippen LogP contribution in [0.2, 0.25) is 0 Å². The topological polar surface area (TPSA) is 88.8 Å². The summed E-state index contributed by atoms with van der Waals surface area (Å²) in [5.74, 6) is 0.342. The molecule has 1 aromatic rings. The van der Waals surface area contributed by atoms with Gasteiger partial charge in [-0.25, -0.2) is 9.78 Å². The number of piperazine rings is 1. The Morgan fingerprint density at radius 1 is 1.43 bits per heavy atom. The number of hydrogen-bond donors (Lipinski definition) is 0. The second kappa shape index (κ2) is 6.39. The second-order valence-corrected chi connectivity index (χ2v) is 6.57. The first kappa shape index (κ1) is 17.0. The van der Waals surface area contributed by atoms with Gasteiger partial charge in [0.2, 0.25) is 5.82 Å². The number of aromatic nitrogens is 1. The molecule has 1 aliphatic rings. The number of rotatable bonds is 2. The molecule has 0 aliphatic carbocycles. The molecule has 23 heavy (non-hydrogen) atoms. The molecule has 1 amide bonds. The summed E-state index contributed by atoms with van der Waals surface area (Å²) in [7, 11) is 0. The molecule has 1 fully saturated rings. The van der Waals surface area contributed by atoms with Gasteiger partial charge in [-0.3, -0.25) is 10.1 Å². The van der Waals surface area contributed by atoms with Crippen molar-refractivity contribution < 1.29 is 14.5 Å². The average Bonchev–Trinajstić information content (AvgIpc) is 2.45. The normalized spacial score (nSPS) is 18.7. The van der Waals surface area contributed by atoms with E-state index < -0.39 is 10.5 Å². The van der Waals surface area contributed by atoms with E-state index in [4.69, 9.17) is 4.74 Å². The van der Waals surface area contributed by atoms with Crippen LogP contribution in [0.5, 0.6) is 0 Å². The van der Waals surface area contributed by atoms with Gasteiger partial charge in [-0.2, -0.15) is 0 Å². The van der Waals surface area contributed by atoms with E-state index in [1.54, 1.807) is 11.0 Å². The lowest BCUT2D eigenvalue weighted by molar-refractivity contribution is -0.384. The molecule has 0 bridgehead atoms. The zero-order valence-corrected chi connectivity index (χ0v) is 13.9. The monoisotopic (exact) mass is 322 g/mol. The summed E-state index contributed by atoms with van der Waals surface area (Å²) in [4.78, 5) is 30.5. The standard InChI is InChI=1S/C15H22N4O4/c1-11-10-17(14(20)23-15(2,3)4)8-9-18(11)13-12(19(21)22)6-5-7-16-13/h5-7,11H,8-10H2,1-4H3/t11-/m0/s1. The molecule has 8 nitrogen and oxygen atoms in total. The Labute approximate surface area is 135 Å². The molecule has 0 aromatic carbocycles. The van der Waals surface area contributed by atoms with Crippen LogP contribution < -0.4 is 4.90 Å². The van der Waals surface area contributed by atoms with E-state index in [-0.39, 0.29) is 17.8 Å². The molecule has 2 rings (SSSR count). The molecule has 2 heterocycles. The van der Waals surface area contributed by atoms with Crippen molar-refractivity contribution in [1.82, 2.24) is 9.88 Å². The lowest BCUT2D eigenvalue weighted by Crippen LogP contribution is -2.55. The van der Waals surface area contributed by atoms with Crippen molar-refractivity contribution in [3.8, 4) is 0 Å². The molecule has 0 radical (unpaired) electrons. The Morgan fingerprint density at radius 2 is 2.13 bits per heavy atom. The number of amides is 1. The lowest BCUT2D eigenvalue weighted by Gasteiger charge is -2.40. The molecule has 126 valence electrons. The summed E-state index contributed by atoms with van der Waals surface area (Å²) in [6.07, 6.45) is 1.18. The maximum atomic E-state index is 12.1. The minimum atomic E-state index is -0.544. The Kier molecular flexibility index (Phi) is 4.72. The third-order valence-electron chi connectivity index (χ3n) is 3.51. The number of nitro groups is 1. The second-order valence-electron chi connectivity index (χ2n) is 6.57. The predicted molar refractivity (Wildman–Crippen MR) is 85.5 cm³/mol. The molecular weight excluding hydrogens is 300 g/mol. The van der Waals surface area contributed by atoms with Crippen molar-refractivity contribution in [2.45, 2.75) is 39.3 Å². The van der Waals surface area contributed by atoms with Gasteiger partial charge in [-0.05, 0) is 33.8 Å². The fourth-order valence-corrected chi connectivity index (χ4v) is 2.52. The van der Waals surface area contributed by atoms with Gasteiger partial charge in [-0.15, -0.1) is 0 Å². The summed E-state index contributed by atoms with van der Waals surface area (Å²) >= 11 is 0. The van der Waals surface area contributed by atoms with Gasteiger partial charge in [0.05, 0.1) is 4.92 Å². The molecule has 1 aliphatic heterocycles. The quantitative estimate of drug-likeness (QED) is 0.614. The smallest absolute Gasteiger partial charge is 0.410 e. The minimum absolute atomic E-state index is 0.0231. The number of carbonyl (C=O) groups excluding carboxylic acids is 1. The fourth-order valence-electron chi connectivity index (χ4n) is 2.52. The first-order valence-corrected chi connectivity index (χ1v) is 7.53. The van der Waals surface area contributed by atoms with Crippen molar-refractivity contribution in [3.05, 3.63) is 28.4 Å². The summed E-state index contributed by atoms with van der Waals surface area (Å²) < 4.78 is 5.37. The van der Waals surface area contributed by atoms with Crippen LogP contribution in [0.1, 0.15) is 27.7 Å². The SMILES string of the molecule is C[C@H]1CN(C(=O)OC(C)(C)C)CCN1c1ncccc1[N+](=O)[O-]. The Morgan fingerprint density at radius 3 is 2.70 bits per heavy atom. The van der Waals surface area contributed by atoms with Crippen LogP contribution in [0.25, 0.3) is 0 Å². The zero-order chi connectivity index (χ0) is 17.2. The van der Waals surface area contributed by atoms with Crippen LogP contribution in [0, 0.1) is 10.1 Å². The molecule has 0 unspecified atom stereocenters. The fraction of sp³-hybridized carbons (Fsp3) is 0.600. The van der Waals surface area contributed by atoms with Crippen molar-refractivity contribution in [3.63, 3.8) is 0 Å². The van der Waals surface area contributed by atoms with E-state index in [0.29, 0.717) is 25.5 Å². The highest BCUT2D eigenvalue weighted by Gasteiger charge is 2.33. The number of hydrogen-bond acceptors (Lipinski definition) is 6. The third-order valence-corrected chi connectivity index (χ3v) is 3.51. The molecule has 1 atom stereocenters. The summed E-state index contributed by atoms with van der Waals surface area (Å²) in [5.41, 5.74) is -0.568. The van der Waals surface area contributed by atoms with Crippen molar-refractivity contribution in [1.29, 1.82) is 0 Å². The summed E-state index contributed by atoms with van der Waals surface area (Å²) in [5, 5.41) is 11.2. The van der Waals surface area contributed by atoms with Crippen molar-refractivity contribution >= 4 is 17.6 Å². The van der Waals surface area contributed by atoms with Gasteiger partial charge in [0.1, 0.15) is 5.60 Å². The van der Waals surface area contributed by atoms with E-state index in [1.165, 1.54) is 12.3 Å². The highest BCUT2D eigenvalue weighted by Crippen LogP contribution is 2.28. The number of pyridine rings is 1. The van der Waals surface area contributed by atoms with E-state index in [1.807, 2.05) is 32.6 Å². The zero-order valence-electron chi connectivity index (χ0n) is 13.9. The number of nitrogens with zero attached hydrogens (tertiary/aromatic N) is 4. The Bertz CT molecular complexity index is 599. The minimum Gasteiger partial charge on any atom is -0.444 e. The third kappa shape index (κ3) is 4.08. The average molecular weight is 322 g/mol. The van der Waals surface area contributed by atoms with Gasteiger partial charge in [0.15, 0.2) is 0 Å². The molecule has 8 heteroatoms. The summed E-state index contributed by atoms with van der Waals surface area (Å²) in [6, 6.07) is 2.89. The van der Waals surface area contributed by atoms with Crippen molar-refractivity contribution in [2.24, 2.45) is 0 Å². The predicted octanol–water partition coefficient (Wildman–Crippen LogP) is 2.44. The first-order chi connectivity index (χ1) is 10.7. The number of anilines is 1. The van der Waals surface area contributed by atoms with Crippen LogP contribution in [-0.4, -0.2) is 52.2 Å². The maximum absolute atomic E-state index is 12.1. The number of ether oxygens (including phenoxy) is 1. The Balaban J connectivity index is 2.11. The van der Waals surface area contributed by atoms with E-state index in [2.05, 4.69) is 4.98 Å². The highest BCUT2D eigenvalue weighted by atomic mass is 16.6. The molecule has 1 saturated heterocycles. The van der Waals surface area contributed by atoms with Crippen LogP contribution in [0.15, 0.2) is 18.3 Å². The Hall–Kier alpha value is -2.38. The van der Waals surface area contributed by atoms with Crippen LogP contribution in [-0.2, 0) is 4.74 Å². The first-order valence-electron chi connectivity index (χ1n) is 7.53. The van der Waals surface area contributed by atoms with Gasteiger partial charge in [-0.1, -0.05) is 0 Å². The van der Waals surface area contributed by atoms with E-state index in [0.717, 1.165) is 0 Å². The van der Waals surface area contributed by atoms with E-state index >= 15 is 0 Å². The highest BCUT2D eigenvalue weighted by molar-refractivity contribution is 5.69. The van der Waals surface area contributed by atoms with Gasteiger partial charge < -0.3 is 14.5 Å².